The van der Waals surface area contributed by atoms with Gasteiger partial charge in [-0.25, -0.2) is 4.57 Å². The van der Waals surface area contributed by atoms with Crippen molar-refractivity contribution < 1.29 is 33.4 Å². The SMILES string of the molecule is CCCCCCCCCCCCCOc1cccc(CC(COP(=O)(O)OCCCC[NH2+]C)CC(C)=O)c1. The fraction of sp³-hybridized carbons (Fsp3) is 0.767. The number of carbonyl (C=O) groups excluding carboxylic acids is 1. The summed E-state index contributed by atoms with van der Waals surface area (Å²) in [5.74, 6) is 0.623. The third-order valence-electron chi connectivity index (χ3n) is 6.63. The Morgan fingerprint density at radius 3 is 2.18 bits per heavy atom. The van der Waals surface area contributed by atoms with Crippen LogP contribution in [0.15, 0.2) is 24.3 Å². The van der Waals surface area contributed by atoms with Crippen LogP contribution in [0, 0.1) is 5.92 Å². The minimum absolute atomic E-state index is 0.0140. The molecule has 0 saturated heterocycles. The van der Waals surface area contributed by atoms with E-state index in [1.807, 2.05) is 31.3 Å². The lowest BCUT2D eigenvalue weighted by Gasteiger charge is -2.19. The minimum atomic E-state index is -4.14. The Labute approximate surface area is 232 Å². The van der Waals surface area contributed by atoms with Gasteiger partial charge in [0.1, 0.15) is 11.5 Å². The fourth-order valence-electron chi connectivity index (χ4n) is 4.52. The van der Waals surface area contributed by atoms with Crippen molar-refractivity contribution in [2.75, 3.05) is 33.4 Å². The first-order valence-corrected chi connectivity index (χ1v) is 16.5. The molecule has 1 aromatic rings. The quantitative estimate of drug-likeness (QED) is 0.0983. The predicted octanol–water partition coefficient (Wildman–Crippen LogP) is 6.62. The van der Waals surface area contributed by atoms with Crippen LogP contribution in [0.5, 0.6) is 5.75 Å². The predicted molar refractivity (Wildman–Crippen MR) is 155 cm³/mol. The van der Waals surface area contributed by atoms with Gasteiger partial charge in [-0.3, -0.25) is 9.05 Å². The van der Waals surface area contributed by atoms with E-state index < -0.39 is 7.82 Å². The third kappa shape index (κ3) is 19.8. The zero-order chi connectivity index (χ0) is 27.9. The van der Waals surface area contributed by atoms with Gasteiger partial charge in [-0.05, 0) is 56.2 Å². The standard InChI is InChI=1S/C30H54NO6P/c1-4-5-6-7-8-9-10-11-12-13-15-21-35-30-19-17-18-28(25-30)24-29(23-27(2)32)26-37-38(33,34)36-22-16-14-20-31-3/h17-19,25,29,31H,4-16,20-24,26H2,1-3H3,(H,33,34)/p+1. The molecule has 0 aliphatic heterocycles. The number of ketones is 1. The molecule has 0 amide bonds. The molecule has 38 heavy (non-hydrogen) atoms. The summed E-state index contributed by atoms with van der Waals surface area (Å²) in [7, 11) is -2.15. The number of hydrogen-bond donors (Lipinski definition) is 2. The van der Waals surface area contributed by atoms with Crippen molar-refractivity contribution in [2.45, 2.75) is 110 Å². The monoisotopic (exact) mass is 556 g/mol. The summed E-state index contributed by atoms with van der Waals surface area (Å²) in [4.78, 5) is 21.8. The molecule has 0 aliphatic carbocycles. The Balaban J connectivity index is 2.34. The highest BCUT2D eigenvalue weighted by atomic mass is 31.2. The lowest BCUT2D eigenvalue weighted by molar-refractivity contribution is -0.627. The van der Waals surface area contributed by atoms with Crippen molar-refractivity contribution in [1.82, 2.24) is 0 Å². The Hall–Kier alpha value is -1.24. The number of hydrogen-bond acceptors (Lipinski definition) is 5. The van der Waals surface area contributed by atoms with E-state index in [1.165, 1.54) is 71.1 Å². The molecule has 0 bridgehead atoms. The zero-order valence-electron chi connectivity index (χ0n) is 24.3. The van der Waals surface area contributed by atoms with Gasteiger partial charge in [0.25, 0.3) is 0 Å². The molecule has 8 heteroatoms. The van der Waals surface area contributed by atoms with Crippen LogP contribution < -0.4 is 10.1 Å². The summed E-state index contributed by atoms with van der Waals surface area (Å²) in [6.45, 7) is 5.59. The van der Waals surface area contributed by atoms with E-state index >= 15 is 0 Å². The molecule has 0 aliphatic rings. The number of unbranched alkanes of at least 4 members (excludes halogenated alkanes) is 11. The summed E-state index contributed by atoms with van der Waals surface area (Å²) < 4.78 is 28.5. The molecule has 0 spiro atoms. The zero-order valence-corrected chi connectivity index (χ0v) is 25.2. The van der Waals surface area contributed by atoms with E-state index in [1.54, 1.807) is 0 Å². The average molecular weight is 557 g/mol. The maximum atomic E-state index is 12.2. The van der Waals surface area contributed by atoms with Crippen LogP contribution in [0.2, 0.25) is 0 Å². The Bertz CT molecular complexity index is 775. The number of phosphoric ester groups is 1. The van der Waals surface area contributed by atoms with Crippen LogP contribution in [0.3, 0.4) is 0 Å². The number of quaternary nitrogens is 1. The number of ether oxygens (including phenoxy) is 1. The molecular weight excluding hydrogens is 501 g/mol. The molecule has 1 rings (SSSR count). The van der Waals surface area contributed by atoms with Gasteiger partial charge >= 0.3 is 7.82 Å². The highest BCUT2D eigenvalue weighted by Crippen LogP contribution is 2.44. The highest BCUT2D eigenvalue weighted by molar-refractivity contribution is 7.47. The minimum Gasteiger partial charge on any atom is -0.494 e. The Morgan fingerprint density at radius 2 is 1.55 bits per heavy atom. The summed E-state index contributed by atoms with van der Waals surface area (Å²) in [6.07, 6.45) is 16.8. The lowest BCUT2D eigenvalue weighted by atomic mass is 9.95. The number of phosphoric acid groups is 1. The molecule has 2 atom stereocenters. The van der Waals surface area contributed by atoms with Crippen molar-refractivity contribution in [2.24, 2.45) is 5.92 Å². The Morgan fingerprint density at radius 1 is 0.921 bits per heavy atom. The molecule has 3 N–H and O–H groups in total. The second kappa shape index (κ2) is 22.6. The molecule has 1 aromatic carbocycles. The van der Waals surface area contributed by atoms with Gasteiger partial charge in [0.2, 0.25) is 0 Å². The highest BCUT2D eigenvalue weighted by Gasteiger charge is 2.24. The molecule has 2 unspecified atom stereocenters. The van der Waals surface area contributed by atoms with Crippen molar-refractivity contribution >= 4 is 13.6 Å². The summed E-state index contributed by atoms with van der Waals surface area (Å²) >= 11 is 0. The maximum Gasteiger partial charge on any atom is 0.472 e. The first-order valence-electron chi connectivity index (χ1n) is 15.0. The molecule has 220 valence electrons. The molecule has 7 nitrogen and oxygen atoms in total. The second-order valence-corrected chi connectivity index (χ2v) is 12.0. The van der Waals surface area contributed by atoms with Crippen molar-refractivity contribution in [3.8, 4) is 5.75 Å². The van der Waals surface area contributed by atoms with Crippen LogP contribution in [-0.4, -0.2) is 44.1 Å². The van der Waals surface area contributed by atoms with Crippen LogP contribution in [0.1, 0.15) is 109 Å². The van der Waals surface area contributed by atoms with Gasteiger partial charge in [-0.15, -0.1) is 0 Å². The second-order valence-electron chi connectivity index (χ2n) is 10.5. The Kier molecular flexibility index (Phi) is 20.7. The first-order chi connectivity index (χ1) is 18.4. The molecule has 0 fully saturated rings. The van der Waals surface area contributed by atoms with E-state index in [0.717, 1.165) is 30.7 Å². The van der Waals surface area contributed by atoms with E-state index in [9.17, 15) is 14.3 Å². The van der Waals surface area contributed by atoms with E-state index in [0.29, 0.717) is 19.4 Å². The fourth-order valence-corrected chi connectivity index (χ4v) is 5.35. The van der Waals surface area contributed by atoms with Crippen LogP contribution in [0.4, 0.5) is 0 Å². The van der Waals surface area contributed by atoms with Crippen molar-refractivity contribution in [3.05, 3.63) is 29.8 Å². The van der Waals surface area contributed by atoms with Crippen molar-refractivity contribution in [3.63, 3.8) is 0 Å². The molecule has 0 radical (unpaired) electrons. The van der Waals surface area contributed by atoms with Gasteiger partial charge in [0.15, 0.2) is 0 Å². The number of benzene rings is 1. The molecule has 0 aromatic heterocycles. The lowest BCUT2D eigenvalue weighted by Crippen LogP contribution is -2.79. The van der Waals surface area contributed by atoms with E-state index in [2.05, 4.69) is 12.2 Å². The number of Topliss-reactive ketones (excluding diaryl/α,β-unsaturated/α-hetero) is 1. The third-order valence-corrected chi connectivity index (χ3v) is 7.61. The number of rotatable bonds is 26. The van der Waals surface area contributed by atoms with E-state index in [-0.39, 0.29) is 31.3 Å². The maximum absolute atomic E-state index is 12.2. The topological polar surface area (TPSA) is 98.7 Å². The molecule has 0 heterocycles. The summed E-state index contributed by atoms with van der Waals surface area (Å²) in [6, 6.07) is 7.88. The largest absolute Gasteiger partial charge is 0.494 e. The smallest absolute Gasteiger partial charge is 0.472 e. The van der Waals surface area contributed by atoms with Gasteiger partial charge in [0, 0.05) is 6.42 Å². The summed E-state index contributed by atoms with van der Waals surface area (Å²) in [5.41, 5.74) is 1.01. The van der Waals surface area contributed by atoms with Crippen LogP contribution in [0.25, 0.3) is 0 Å². The van der Waals surface area contributed by atoms with Crippen LogP contribution >= 0.6 is 7.82 Å². The van der Waals surface area contributed by atoms with Gasteiger partial charge in [-0.2, -0.15) is 0 Å². The summed E-state index contributed by atoms with van der Waals surface area (Å²) in [5, 5.41) is 2.06. The van der Waals surface area contributed by atoms with Gasteiger partial charge in [-0.1, -0.05) is 83.3 Å². The average Bonchev–Trinajstić information content (AvgIpc) is 2.88. The number of carbonyl (C=O) groups is 1. The van der Waals surface area contributed by atoms with Crippen molar-refractivity contribution in [1.29, 1.82) is 0 Å². The van der Waals surface area contributed by atoms with Crippen LogP contribution in [-0.2, 0) is 24.8 Å². The van der Waals surface area contributed by atoms with E-state index in [4.69, 9.17) is 13.8 Å². The normalized spacial score (nSPS) is 13.8. The van der Waals surface area contributed by atoms with Gasteiger partial charge in [0.05, 0.1) is 33.4 Å². The number of nitrogens with two attached hydrogens (primary N) is 1. The molecular formula is C30H55NO6P+. The first kappa shape index (κ1) is 34.8. The van der Waals surface area contributed by atoms with Gasteiger partial charge < -0.3 is 19.7 Å². The molecule has 0 saturated carbocycles.